The van der Waals surface area contributed by atoms with Gasteiger partial charge in [-0.1, -0.05) is 32.0 Å². The van der Waals surface area contributed by atoms with Gasteiger partial charge in [0, 0.05) is 23.2 Å². The maximum atomic E-state index is 12.3. The van der Waals surface area contributed by atoms with Crippen LogP contribution in [0.4, 0.5) is 0 Å². The normalized spacial score (nSPS) is 11.2. The van der Waals surface area contributed by atoms with Crippen LogP contribution < -0.4 is 5.32 Å². The van der Waals surface area contributed by atoms with Crippen molar-refractivity contribution in [3.63, 3.8) is 0 Å². The molecule has 3 nitrogen and oxygen atoms in total. The van der Waals surface area contributed by atoms with Gasteiger partial charge in [0.15, 0.2) is 5.76 Å². The lowest BCUT2D eigenvalue weighted by atomic mass is 10.1. The predicted octanol–water partition coefficient (Wildman–Crippen LogP) is 4.07. The number of hydrogen-bond donors (Lipinski definition) is 1. The van der Waals surface area contributed by atoms with Gasteiger partial charge in [-0.3, -0.25) is 4.79 Å². The maximum absolute atomic E-state index is 12.3. The number of carbonyl (C=O) groups is 1. The second-order valence-electron chi connectivity index (χ2n) is 5.28. The van der Waals surface area contributed by atoms with E-state index in [1.807, 2.05) is 30.5 Å². The van der Waals surface area contributed by atoms with Gasteiger partial charge in [-0.2, -0.15) is 11.8 Å². The summed E-state index contributed by atoms with van der Waals surface area (Å²) in [4.78, 5) is 12.3. The van der Waals surface area contributed by atoms with Crippen LogP contribution in [0, 0.1) is 5.92 Å². The number of amides is 1. The van der Waals surface area contributed by atoms with Gasteiger partial charge in [-0.05, 0) is 24.7 Å². The van der Waals surface area contributed by atoms with Gasteiger partial charge in [-0.15, -0.1) is 0 Å². The van der Waals surface area contributed by atoms with Gasteiger partial charge in [0.25, 0.3) is 5.91 Å². The molecule has 0 aliphatic carbocycles. The van der Waals surface area contributed by atoms with E-state index >= 15 is 0 Å². The molecule has 2 aromatic rings. The van der Waals surface area contributed by atoms with Crippen molar-refractivity contribution >= 4 is 28.6 Å². The fourth-order valence-electron chi connectivity index (χ4n) is 2.12. The first-order valence-electron chi connectivity index (χ1n) is 6.91. The molecule has 1 heterocycles. The largest absolute Gasteiger partial charge is 0.451 e. The molecule has 20 heavy (non-hydrogen) atoms. The number of rotatable bonds is 6. The molecule has 0 spiro atoms. The number of carbonyl (C=O) groups excluding carboxylic acids is 1. The highest BCUT2D eigenvalue weighted by Crippen LogP contribution is 2.28. The van der Waals surface area contributed by atoms with Crippen molar-refractivity contribution in [3.05, 3.63) is 35.6 Å². The molecule has 1 aromatic carbocycles. The minimum absolute atomic E-state index is 0.106. The highest BCUT2D eigenvalue weighted by molar-refractivity contribution is 7.97. The standard InChI is InChI=1S/C16H21NO2S/c1-11(2)8-9-17-16(18)15-13(10-20-3)12-6-4-5-7-14(12)19-15/h4-7,11H,8-10H2,1-3H3,(H,17,18). The predicted molar refractivity (Wildman–Crippen MR) is 85.2 cm³/mol. The Hall–Kier alpha value is -1.42. The molecule has 2 rings (SSSR count). The molecule has 1 amide bonds. The number of fused-ring (bicyclic) bond motifs is 1. The summed E-state index contributed by atoms with van der Waals surface area (Å²) >= 11 is 1.69. The first kappa shape index (κ1) is 15.0. The Morgan fingerprint density at radius 1 is 1.35 bits per heavy atom. The summed E-state index contributed by atoms with van der Waals surface area (Å²) < 4.78 is 5.75. The van der Waals surface area contributed by atoms with Crippen LogP contribution in [-0.2, 0) is 5.75 Å². The lowest BCUT2D eigenvalue weighted by Crippen LogP contribution is -2.25. The van der Waals surface area contributed by atoms with Crippen LogP contribution in [0.5, 0.6) is 0 Å². The van der Waals surface area contributed by atoms with E-state index in [1.165, 1.54) is 0 Å². The van der Waals surface area contributed by atoms with Gasteiger partial charge in [0.1, 0.15) is 5.58 Å². The molecular formula is C16H21NO2S. The molecule has 4 heteroatoms. The number of benzene rings is 1. The fraction of sp³-hybridized carbons (Fsp3) is 0.438. The number of nitrogens with one attached hydrogen (secondary N) is 1. The highest BCUT2D eigenvalue weighted by Gasteiger charge is 2.19. The molecule has 108 valence electrons. The highest BCUT2D eigenvalue weighted by atomic mass is 32.2. The molecule has 1 N–H and O–H groups in total. The van der Waals surface area contributed by atoms with E-state index in [1.54, 1.807) is 11.8 Å². The summed E-state index contributed by atoms with van der Waals surface area (Å²) in [6.07, 6.45) is 3.01. The molecule has 0 bridgehead atoms. The van der Waals surface area contributed by atoms with E-state index in [2.05, 4.69) is 19.2 Å². The first-order valence-corrected chi connectivity index (χ1v) is 8.30. The van der Waals surface area contributed by atoms with Crippen LogP contribution in [-0.4, -0.2) is 18.7 Å². The van der Waals surface area contributed by atoms with Crippen LogP contribution in [0.15, 0.2) is 28.7 Å². The second-order valence-corrected chi connectivity index (χ2v) is 6.14. The summed E-state index contributed by atoms with van der Waals surface area (Å²) in [7, 11) is 0. The Morgan fingerprint density at radius 3 is 2.80 bits per heavy atom. The fourth-order valence-corrected chi connectivity index (χ4v) is 2.70. The summed E-state index contributed by atoms with van der Waals surface area (Å²) in [6.45, 7) is 4.98. The van der Waals surface area contributed by atoms with Crippen molar-refractivity contribution in [2.45, 2.75) is 26.0 Å². The average Bonchev–Trinajstić information content (AvgIpc) is 2.78. The van der Waals surface area contributed by atoms with Crippen molar-refractivity contribution in [1.82, 2.24) is 5.32 Å². The zero-order valence-electron chi connectivity index (χ0n) is 12.2. The zero-order valence-corrected chi connectivity index (χ0v) is 13.0. The van der Waals surface area contributed by atoms with Crippen LogP contribution in [0.25, 0.3) is 11.0 Å². The minimum atomic E-state index is -0.106. The van der Waals surface area contributed by atoms with Crippen LogP contribution in [0.1, 0.15) is 36.4 Å². The van der Waals surface area contributed by atoms with Gasteiger partial charge in [0.2, 0.25) is 0 Å². The lowest BCUT2D eigenvalue weighted by Gasteiger charge is -2.06. The monoisotopic (exact) mass is 291 g/mol. The van der Waals surface area contributed by atoms with Crippen LogP contribution in [0.2, 0.25) is 0 Å². The third kappa shape index (κ3) is 3.37. The molecule has 0 radical (unpaired) electrons. The van der Waals surface area contributed by atoms with E-state index in [4.69, 9.17) is 4.42 Å². The van der Waals surface area contributed by atoms with E-state index in [9.17, 15) is 4.79 Å². The van der Waals surface area contributed by atoms with E-state index in [-0.39, 0.29) is 5.91 Å². The Morgan fingerprint density at radius 2 is 2.10 bits per heavy atom. The van der Waals surface area contributed by atoms with Gasteiger partial charge < -0.3 is 9.73 Å². The van der Waals surface area contributed by atoms with Crippen molar-refractivity contribution in [3.8, 4) is 0 Å². The van der Waals surface area contributed by atoms with Crippen molar-refractivity contribution in [1.29, 1.82) is 0 Å². The van der Waals surface area contributed by atoms with Crippen molar-refractivity contribution in [2.24, 2.45) is 5.92 Å². The molecule has 0 fully saturated rings. The third-order valence-corrected chi connectivity index (χ3v) is 3.78. The van der Waals surface area contributed by atoms with Crippen molar-refractivity contribution in [2.75, 3.05) is 12.8 Å². The smallest absolute Gasteiger partial charge is 0.287 e. The van der Waals surface area contributed by atoms with E-state index in [0.717, 1.165) is 28.7 Å². The van der Waals surface area contributed by atoms with Gasteiger partial charge >= 0.3 is 0 Å². The van der Waals surface area contributed by atoms with Crippen LogP contribution in [0.3, 0.4) is 0 Å². The topological polar surface area (TPSA) is 42.2 Å². The Balaban J connectivity index is 2.23. The lowest BCUT2D eigenvalue weighted by molar-refractivity contribution is 0.0925. The Bertz CT molecular complexity index is 589. The van der Waals surface area contributed by atoms with Crippen molar-refractivity contribution < 1.29 is 9.21 Å². The molecule has 0 unspecified atom stereocenters. The first-order chi connectivity index (χ1) is 9.63. The summed E-state index contributed by atoms with van der Waals surface area (Å²) in [5.74, 6) is 1.72. The molecule has 0 saturated heterocycles. The quantitative estimate of drug-likeness (QED) is 0.872. The molecule has 0 aliphatic rings. The number of hydrogen-bond acceptors (Lipinski definition) is 3. The summed E-state index contributed by atoms with van der Waals surface area (Å²) in [6, 6.07) is 7.82. The molecule has 1 aromatic heterocycles. The molecule has 0 saturated carbocycles. The average molecular weight is 291 g/mol. The third-order valence-electron chi connectivity index (χ3n) is 3.20. The summed E-state index contributed by atoms with van der Waals surface area (Å²) in [5.41, 5.74) is 1.78. The van der Waals surface area contributed by atoms with Gasteiger partial charge in [-0.25, -0.2) is 0 Å². The maximum Gasteiger partial charge on any atom is 0.287 e. The van der Waals surface area contributed by atoms with E-state index < -0.39 is 0 Å². The SMILES string of the molecule is CSCc1c(C(=O)NCCC(C)C)oc2ccccc12. The summed E-state index contributed by atoms with van der Waals surface area (Å²) in [5, 5.41) is 3.99. The second kappa shape index (κ2) is 6.84. The number of thioether (sulfide) groups is 1. The number of furan rings is 1. The van der Waals surface area contributed by atoms with Gasteiger partial charge in [0.05, 0.1) is 0 Å². The Kier molecular flexibility index (Phi) is 5.12. The Labute approximate surface area is 124 Å². The molecule has 0 atom stereocenters. The van der Waals surface area contributed by atoms with E-state index in [0.29, 0.717) is 18.2 Å². The minimum Gasteiger partial charge on any atom is -0.451 e. The molecular weight excluding hydrogens is 270 g/mol. The zero-order chi connectivity index (χ0) is 14.5. The number of para-hydroxylation sites is 1. The molecule has 0 aliphatic heterocycles. The van der Waals surface area contributed by atoms with Crippen LogP contribution >= 0.6 is 11.8 Å².